The third-order valence-corrected chi connectivity index (χ3v) is 4.57. The first-order chi connectivity index (χ1) is 11.5. The predicted molar refractivity (Wildman–Crippen MR) is 100 cm³/mol. The molecule has 0 aromatic heterocycles. The highest BCUT2D eigenvalue weighted by molar-refractivity contribution is 9.10. The fraction of sp³-hybridized carbons (Fsp3) is 0.316. The maximum absolute atomic E-state index is 12.5. The molecular weight excluding hydrogens is 368 g/mol. The minimum atomic E-state index is -0.205. The molecule has 2 aromatic carbocycles. The number of para-hydroxylation sites is 2. The van der Waals surface area contributed by atoms with Crippen LogP contribution in [0.5, 0.6) is 5.75 Å². The number of carbonyl (C=O) groups excluding carboxylic acids is 1. The molecule has 0 heterocycles. The third-order valence-electron chi connectivity index (χ3n) is 4.04. The number of anilines is 1. The van der Waals surface area contributed by atoms with Crippen molar-refractivity contribution in [2.24, 2.45) is 0 Å². The molecule has 0 spiro atoms. The van der Waals surface area contributed by atoms with E-state index in [1.165, 1.54) is 5.56 Å². The normalized spacial score (nSPS) is 13.2. The van der Waals surface area contributed by atoms with Gasteiger partial charge in [-0.25, -0.2) is 0 Å². The summed E-state index contributed by atoms with van der Waals surface area (Å²) in [4.78, 5) is 12.5. The van der Waals surface area contributed by atoms with Crippen molar-refractivity contribution in [3.8, 4) is 5.75 Å². The van der Waals surface area contributed by atoms with Gasteiger partial charge in [-0.3, -0.25) is 4.79 Å². The molecule has 0 saturated carbocycles. The van der Waals surface area contributed by atoms with E-state index in [9.17, 15) is 4.79 Å². The van der Waals surface area contributed by atoms with Crippen molar-refractivity contribution in [2.75, 3.05) is 12.4 Å². The van der Waals surface area contributed by atoms with Crippen LogP contribution in [0.4, 0.5) is 5.69 Å². The lowest BCUT2D eigenvalue weighted by Crippen LogP contribution is -2.92. The van der Waals surface area contributed by atoms with Gasteiger partial charge in [-0.1, -0.05) is 47.1 Å². The van der Waals surface area contributed by atoms with E-state index in [0.29, 0.717) is 11.4 Å². The second kappa shape index (κ2) is 8.85. The zero-order chi connectivity index (χ0) is 17.5. The number of amides is 1. The predicted octanol–water partition coefficient (Wildman–Crippen LogP) is 3.50. The molecule has 0 aliphatic rings. The number of nitrogens with one attached hydrogen (secondary N) is 1. The Labute approximate surface area is 151 Å². The summed E-state index contributed by atoms with van der Waals surface area (Å²) >= 11 is 3.46. The molecule has 2 atom stereocenters. The molecule has 24 heavy (non-hydrogen) atoms. The zero-order valence-electron chi connectivity index (χ0n) is 14.3. The lowest BCUT2D eigenvalue weighted by Gasteiger charge is -2.19. The molecule has 0 unspecified atom stereocenters. The standard InChI is InChI=1S/C19H23BrN2O2/c1-4-16(14-9-11-15(20)12-10-14)21-13(2)19(23)22-17-7-5-6-8-18(17)24-3/h5-13,16,21H,4H2,1-3H3,(H,22,23)/p+1/t13-,16+/m0/s1. The molecule has 128 valence electrons. The third kappa shape index (κ3) is 4.82. The van der Waals surface area contributed by atoms with Crippen LogP contribution in [0.15, 0.2) is 53.0 Å². The number of hydrogen-bond donors (Lipinski definition) is 2. The quantitative estimate of drug-likeness (QED) is 0.758. The van der Waals surface area contributed by atoms with Crippen molar-refractivity contribution in [1.82, 2.24) is 0 Å². The van der Waals surface area contributed by atoms with Crippen molar-refractivity contribution in [2.45, 2.75) is 32.4 Å². The number of benzene rings is 2. The second-order valence-electron chi connectivity index (χ2n) is 5.74. The van der Waals surface area contributed by atoms with E-state index >= 15 is 0 Å². The maximum Gasteiger partial charge on any atom is 0.282 e. The van der Waals surface area contributed by atoms with Crippen LogP contribution in [0.2, 0.25) is 0 Å². The van der Waals surface area contributed by atoms with Crippen LogP contribution in [-0.2, 0) is 4.79 Å². The van der Waals surface area contributed by atoms with Crippen molar-refractivity contribution >= 4 is 27.5 Å². The molecule has 0 saturated heterocycles. The summed E-state index contributed by atoms with van der Waals surface area (Å²) in [6.45, 7) is 4.06. The second-order valence-corrected chi connectivity index (χ2v) is 6.65. The summed E-state index contributed by atoms with van der Waals surface area (Å²) in [5.74, 6) is 0.632. The van der Waals surface area contributed by atoms with Gasteiger partial charge in [0.2, 0.25) is 0 Å². The lowest BCUT2D eigenvalue weighted by molar-refractivity contribution is -0.713. The zero-order valence-corrected chi connectivity index (χ0v) is 15.8. The number of methoxy groups -OCH3 is 1. The summed E-state index contributed by atoms with van der Waals surface area (Å²) in [6.07, 6.45) is 0.952. The van der Waals surface area contributed by atoms with Gasteiger partial charge in [0.1, 0.15) is 11.8 Å². The number of hydrogen-bond acceptors (Lipinski definition) is 2. The van der Waals surface area contributed by atoms with Crippen LogP contribution in [0.25, 0.3) is 0 Å². The van der Waals surface area contributed by atoms with E-state index in [-0.39, 0.29) is 18.0 Å². The highest BCUT2D eigenvalue weighted by Gasteiger charge is 2.22. The van der Waals surface area contributed by atoms with Crippen LogP contribution < -0.4 is 15.4 Å². The van der Waals surface area contributed by atoms with Crippen molar-refractivity contribution in [3.63, 3.8) is 0 Å². The van der Waals surface area contributed by atoms with E-state index in [4.69, 9.17) is 4.74 Å². The van der Waals surface area contributed by atoms with E-state index in [0.717, 1.165) is 10.9 Å². The Morgan fingerprint density at radius 3 is 2.50 bits per heavy atom. The Morgan fingerprint density at radius 1 is 1.21 bits per heavy atom. The van der Waals surface area contributed by atoms with Crippen molar-refractivity contribution in [3.05, 3.63) is 58.6 Å². The molecule has 0 bridgehead atoms. The molecule has 2 rings (SSSR count). The Hall–Kier alpha value is -1.85. The van der Waals surface area contributed by atoms with Crippen LogP contribution >= 0.6 is 15.9 Å². The highest BCUT2D eigenvalue weighted by Crippen LogP contribution is 2.23. The van der Waals surface area contributed by atoms with Crippen molar-refractivity contribution in [1.29, 1.82) is 0 Å². The molecule has 0 radical (unpaired) electrons. The first-order valence-corrected chi connectivity index (χ1v) is 8.88. The number of nitrogens with two attached hydrogens (primary N) is 1. The molecule has 3 N–H and O–H groups in total. The van der Waals surface area contributed by atoms with Crippen LogP contribution in [0, 0.1) is 0 Å². The number of carbonyl (C=O) groups is 1. The van der Waals surface area contributed by atoms with E-state index < -0.39 is 0 Å². The average molecular weight is 392 g/mol. The number of rotatable bonds is 7. The molecule has 0 fully saturated rings. The molecule has 0 aliphatic heterocycles. The van der Waals surface area contributed by atoms with Gasteiger partial charge in [-0.15, -0.1) is 0 Å². The Kier molecular flexibility index (Phi) is 6.82. The highest BCUT2D eigenvalue weighted by atomic mass is 79.9. The monoisotopic (exact) mass is 391 g/mol. The Bertz CT molecular complexity index is 673. The first-order valence-electron chi connectivity index (χ1n) is 8.09. The topological polar surface area (TPSA) is 54.9 Å². The molecule has 4 nitrogen and oxygen atoms in total. The summed E-state index contributed by atoms with van der Waals surface area (Å²) in [6, 6.07) is 15.7. The lowest BCUT2D eigenvalue weighted by atomic mass is 10.0. The fourth-order valence-electron chi connectivity index (χ4n) is 2.62. The smallest absolute Gasteiger partial charge is 0.282 e. The number of halogens is 1. The summed E-state index contributed by atoms with van der Waals surface area (Å²) in [5, 5.41) is 5.05. The fourth-order valence-corrected chi connectivity index (χ4v) is 2.89. The minimum Gasteiger partial charge on any atom is -0.495 e. The van der Waals surface area contributed by atoms with Crippen LogP contribution in [0.1, 0.15) is 31.9 Å². The van der Waals surface area contributed by atoms with E-state index in [2.05, 4.69) is 45.6 Å². The molecular formula is C19H24BrN2O2+. The summed E-state index contributed by atoms with van der Waals surface area (Å²) in [5.41, 5.74) is 1.92. The summed E-state index contributed by atoms with van der Waals surface area (Å²) < 4.78 is 6.34. The molecule has 1 amide bonds. The Morgan fingerprint density at radius 2 is 1.88 bits per heavy atom. The molecule has 0 aliphatic carbocycles. The summed E-state index contributed by atoms with van der Waals surface area (Å²) in [7, 11) is 1.60. The van der Waals surface area contributed by atoms with Gasteiger partial charge >= 0.3 is 0 Å². The van der Waals surface area contributed by atoms with Gasteiger partial charge in [-0.05, 0) is 31.2 Å². The number of ether oxygens (including phenoxy) is 1. The van der Waals surface area contributed by atoms with E-state index in [1.54, 1.807) is 7.11 Å². The maximum atomic E-state index is 12.5. The molecule has 5 heteroatoms. The van der Waals surface area contributed by atoms with Gasteiger partial charge in [0.05, 0.1) is 12.8 Å². The van der Waals surface area contributed by atoms with Gasteiger partial charge in [0.15, 0.2) is 6.04 Å². The first kappa shape index (κ1) is 18.5. The average Bonchev–Trinajstić information content (AvgIpc) is 2.60. The Balaban J connectivity index is 2.03. The van der Waals surface area contributed by atoms with Crippen LogP contribution in [0.3, 0.4) is 0 Å². The van der Waals surface area contributed by atoms with Crippen LogP contribution in [-0.4, -0.2) is 19.1 Å². The number of quaternary nitrogens is 1. The van der Waals surface area contributed by atoms with Gasteiger partial charge < -0.3 is 15.4 Å². The SMILES string of the molecule is CC[C@@H]([NH2+][C@@H](C)C(=O)Nc1ccccc1OC)c1ccc(Br)cc1. The molecule has 2 aromatic rings. The van der Waals surface area contributed by atoms with Gasteiger partial charge in [0, 0.05) is 16.5 Å². The van der Waals surface area contributed by atoms with Crippen molar-refractivity contribution < 1.29 is 14.8 Å². The largest absolute Gasteiger partial charge is 0.495 e. The van der Waals surface area contributed by atoms with Gasteiger partial charge in [0.25, 0.3) is 5.91 Å². The van der Waals surface area contributed by atoms with E-state index in [1.807, 2.05) is 43.3 Å². The van der Waals surface area contributed by atoms with Gasteiger partial charge in [-0.2, -0.15) is 0 Å². The minimum absolute atomic E-state index is 0.0324.